The molecule has 0 spiro atoms. The van der Waals surface area contributed by atoms with Crippen molar-refractivity contribution in [1.29, 1.82) is 0 Å². The van der Waals surface area contributed by atoms with Crippen molar-refractivity contribution in [2.45, 2.75) is 0 Å². The maximum Gasteiger partial charge on any atom is 0.363 e. The summed E-state index contributed by atoms with van der Waals surface area (Å²) in [5.74, 6) is 0.848. The van der Waals surface area contributed by atoms with Crippen molar-refractivity contribution in [3.05, 3.63) is 57.2 Å². The molecule has 3 rings (SSSR count). The number of benzene rings is 2. The molecule has 0 atom stereocenters. The van der Waals surface area contributed by atoms with Crippen LogP contribution >= 0.6 is 23.2 Å². The van der Waals surface area contributed by atoms with Gasteiger partial charge in [-0.05, 0) is 35.9 Å². The van der Waals surface area contributed by atoms with Gasteiger partial charge in [0.05, 0.1) is 36.9 Å². The standard InChI is InChI=1S/C19H15Cl2NO5/c1-24-14-8-10(9-15(25-2)17(14)26-3)7-13-19(23)27-18(22-13)11-5-4-6-12(20)16(11)21/h4-9H,1-3H3. The summed E-state index contributed by atoms with van der Waals surface area (Å²) in [5, 5.41) is 0.606. The zero-order valence-corrected chi connectivity index (χ0v) is 16.2. The van der Waals surface area contributed by atoms with Gasteiger partial charge < -0.3 is 18.9 Å². The van der Waals surface area contributed by atoms with Gasteiger partial charge in [0.2, 0.25) is 11.6 Å². The van der Waals surface area contributed by atoms with E-state index >= 15 is 0 Å². The molecule has 0 saturated carbocycles. The predicted octanol–water partition coefficient (Wildman–Crippen LogP) is 4.36. The molecule has 27 heavy (non-hydrogen) atoms. The molecular weight excluding hydrogens is 393 g/mol. The van der Waals surface area contributed by atoms with Gasteiger partial charge in [0, 0.05) is 0 Å². The van der Waals surface area contributed by atoms with E-state index in [1.54, 1.807) is 36.4 Å². The first-order chi connectivity index (χ1) is 13.0. The summed E-state index contributed by atoms with van der Waals surface area (Å²) in [7, 11) is 4.53. The quantitative estimate of drug-likeness (QED) is 0.543. The molecule has 8 heteroatoms. The van der Waals surface area contributed by atoms with Gasteiger partial charge in [-0.25, -0.2) is 9.79 Å². The number of halogens is 2. The Morgan fingerprint density at radius 2 is 1.70 bits per heavy atom. The molecule has 2 aromatic rings. The summed E-state index contributed by atoms with van der Waals surface area (Å²) in [6.45, 7) is 0. The van der Waals surface area contributed by atoms with Crippen molar-refractivity contribution < 1.29 is 23.7 Å². The monoisotopic (exact) mass is 407 g/mol. The molecule has 0 aromatic heterocycles. The van der Waals surface area contributed by atoms with Gasteiger partial charge in [0.25, 0.3) is 0 Å². The number of cyclic esters (lactones) is 1. The van der Waals surface area contributed by atoms with Gasteiger partial charge in [-0.2, -0.15) is 0 Å². The molecule has 0 amide bonds. The number of carbonyl (C=O) groups excluding carboxylic acids is 1. The largest absolute Gasteiger partial charge is 0.493 e. The number of aliphatic imine (C=N–C) groups is 1. The van der Waals surface area contributed by atoms with E-state index in [4.69, 9.17) is 42.1 Å². The van der Waals surface area contributed by atoms with Gasteiger partial charge in [0.15, 0.2) is 17.2 Å². The fourth-order valence-corrected chi connectivity index (χ4v) is 2.92. The molecule has 0 N–H and O–H groups in total. The Morgan fingerprint density at radius 1 is 1.04 bits per heavy atom. The van der Waals surface area contributed by atoms with Crippen LogP contribution in [0.25, 0.3) is 6.08 Å². The van der Waals surface area contributed by atoms with Gasteiger partial charge in [-0.15, -0.1) is 0 Å². The summed E-state index contributed by atoms with van der Waals surface area (Å²) < 4.78 is 21.1. The fourth-order valence-electron chi connectivity index (χ4n) is 2.54. The van der Waals surface area contributed by atoms with Crippen molar-refractivity contribution in [3.8, 4) is 17.2 Å². The molecular formula is C19H15Cl2NO5. The smallest absolute Gasteiger partial charge is 0.363 e. The summed E-state index contributed by atoms with van der Waals surface area (Å²) in [6.07, 6.45) is 1.55. The van der Waals surface area contributed by atoms with Gasteiger partial charge in [-0.3, -0.25) is 0 Å². The number of carbonyl (C=O) groups is 1. The van der Waals surface area contributed by atoms with E-state index in [9.17, 15) is 4.79 Å². The molecule has 0 saturated heterocycles. The Labute approximate surface area is 165 Å². The highest BCUT2D eigenvalue weighted by molar-refractivity contribution is 6.44. The first kappa shape index (κ1) is 19.1. The highest BCUT2D eigenvalue weighted by Gasteiger charge is 2.26. The summed E-state index contributed by atoms with van der Waals surface area (Å²) in [6, 6.07) is 8.39. The van der Waals surface area contributed by atoms with Crippen LogP contribution < -0.4 is 14.2 Å². The van der Waals surface area contributed by atoms with Gasteiger partial charge in [-0.1, -0.05) is 29.3 Å². The van der Waals surface area contributed by atoms with Crippen LogP contribution in [-0.2, 0) is 9.53 Å². The molecule has 2 aromatic carbocycles. The Hall–Kier alpha value is -2.70. The van der Waals surface area contributed by atoms with Crippen LogP contribution in [0.2, 0.25) is 10.0 Å². The second-order valence-electron chi connectivity index (χ2n) is 5.40. The predicted molar refractivity (Wildman–Crippen MR) is 103 cm³/mol. The maximum atomic E-state index is 12.2. The minimum Gasteiger partial charge on any atom is -0.493 e. The molecule has 0 aliphatic carbocycles. The molecule has 1 heterocycles. The lowest BCUT2D eigenvalue weighted by atomic mass is 10.1. The topological polar surface area (TPSA) is 66.4 Å². The molecule has 6 nitrogen and oxygen atoms in total. The third-order valence-corrected chi connectivity index (χ3v) is 4.61. The third-order valence-electron chi connectivity index (χ3n) is 3.79. The number of esters is 1. The van der Waals surface area contributed by atoms with E-state index in [1.807, 2.05) is 0 Å². The van der Waals surface area contributed by atoms with Crippen LogP contribution in [0.15, 0.2) is 41.0 Å². The van der Waals surface area contributed by atoms with Crippen LogP contribution in [-0.4, -0.2) is 33.2 Å². The number of nitrogens with zero attached hydrogens (tertiary/aromatic N) is 1. The first-order valence-corrected chi connectivity index (χ1v) is 8.51. The van der Waals surface area contributed by atoms with Crippen LogP contribution in [0.3, 0.4) is 0 Å². The van der Waals surface area contributed by atoms with Crippen LogP contribution in [0.4, 0.5) is 0 Å². The van der Waals surface area contributed by atoms with Crippen molar-refractivity contribution in [2.24, 2.45) is 4.99 Å². The van der Waals surface area contributed by atoms with E-state index in [0.29, 0.717) is 33.4 Å². The van der Waals surface area contributed by atoms with Crippen molar-refractivity contribution >= 4 is 41.1 Å². The average molecular weight is 408 g/mol. The van der Waals surface area contributed by atoms with E-state index in [2.05, 4.69) is 4.99 Å². The van der Waals surface area contributed by atoms with E-state index in [-0.39, 0.29) is 16.6 Å². The SMILES string of the molecule is COc1cc(C=C2N=C(c3cccc(Cl)c3Cl)OC2=O)cc(OC)c1OC. The Kier molecular flexibility index (Phi) is 5.58. The van der Waals surface area contributed by atoms with Crippen LogP contribution in [0.1, 0.15) is 11.1 Å². The molecule has 0 unspecified atom stereocenters. The summed E-state index contributed by atoms with van der Waals surface area (Å²) in [5.41, 5.74) is 1.17. The number of methoxy groups -OCH3 is 3. The van der Waals surface area contributed by atoms with Gasteiger partial charge >= 0.3 is 5.97 Å². The Bertz CT molecular complexity index is 944. The Balaban J connectivity index is 2.03. The Morgan fingerprint density at radius 3 is 2.30 bits per heavy atom. The lowest BCUT2D eigenvalue weighted by molar-refractivity contribution is -0.129. The first-order valence-electron chi connectivity index (χ1n) is 7.75. The lowest BCUT2D eigenvalue weighted by Gasteiger charge is -2.12. The van der Waals surface area contributed by atoms with E-state index in [1.165, 1.54) is 21.3 Å². The minimum absolute atomic E-state index is 0.0891. The minimum atomic E-state index is -0.602. The zero-order chi connectivity index (χ0) is 19.6. The zero-order valence-electron chi connectivity index (χ0n) is 14.7. The molecule has 1 aliphatic heterocycles. The normalized spacial score (nSPS) is 14.8. The molecule has 0 fully saturated rings. The second kappa shape index (κ2) is 7.90. The highest BCUT2D eigenvalue weighted by Crippen LogP contribution is 2.39. The van der Waals surface area contributed by atoms with Gasteiger partial charge in [0.1, 0.15) is 0 Å². The van der Waals surface area contributed by atoms with Crippen LogP contribution in [0, 0.1) is 0 Å². The average Bonchev–Trinajstić information content (AvgIpc) is 3.03. The molecule has 140 valence electrons. The van der Waals surface area contributed by atoms with Crippen molar-refractivity contribution in [2.75, 3.05) is 21.3 Å². The van der Waals surface area contributed by atoms with E-state index < -0.39 is 5.97 Å². The number of hydrogen-bond donors (Lipinski definition) is 0. The summed E-state index contributed by atoms with van der Waals surface area (Å²) in [4.78, 5) is 16.5. The van der Waals surface area contributed by atoms with E-state index in [0.717, 1.165) is 0 Å². The fraction of sp³-hybridized carbons (Fsp3) is 0.158. The third kappa shape index (κ3) is 3.72. The molecule has 1 aliphatic rings. The molecule has 0 bridgehead atoms. The highest BCUT2D eigenvalue weighted by atomic mass is 35.5. The lowest BCUT2D eigenvalue weighted by Crippen LogP contribution is -2.06. The van der Waals surface area contributed by atoms with Crippen molar-refractivity contribution in [1.82, 2.24) is 0 Å². The van der Waals surface area contributed by atoms with Crippen molar-refractivity contribution in [3.63, 3.8) is 0 Å². The second-order valence-corrected chi connectivity index (χ2v) is 6.18. The maximum absolute atomic E-state index is 12.2. The summed E-state index contributed by atoms with van der Waals surface area (Å²) >= 11 is 12.2. The number of ether oxygens (including phenoxy) is 4. The number of hydrogen-bond acceptors (Lipinski definition) is 6. The number of rotatable bonds is 5. The molecule has 0 radical (unpaired) electrons. The van der Waals surface area contributed by atoms with Crippen LogP contribution in [0.5, 0.6) is 17.2 Å².